The summed E-state index contributed by atoms with van der Waals surface area (Å²) in [6.07, 6.45) is 0. The van der Waals surface area contributed by atoms with Crippen LogP contribution in [0.25, 0.3) is 11.1 Å². The van der Waals surface area contributed by atoms with E-state index in [1.54, 1.807) is 0 Å². The molecule has 0 saturated heterocycles. The predicted molar refractivity (Wildman–Crippen MR) is 80.6 cm³/mol. The molecule has 0 heterocycles. The third-order valence-corrected chi connectivity index (χ3v) is 5.60. The summed E-state index contributed by atoms with van der Waals surface area (Å²) < 4.78 is 69.4. The molecule has 0 bridgehead atoms. The fourth-order valence-corrected chi connectivity index (χ4v) is 4.28. The van der Waals surface area contributed by atoms with Crippen LogP contribution in [0.15, 0.2) is 34.1 Å². The summed E-state index contributed by atoms with van der Waals surface area (Å²) in [5.74, 6) is -0.953. The van der Waals surface area contributed by atoms with E-state index in [0.717, 1.165) is 24.3 Å². The summed E-state index contributed by atoms with van der Waals surface area (Å²) in [7, 11) is -10.2. The van der Waals surface area contributed by atoms with Gasteiger partial charge < -0.3 is 19.3 Å². The minimum Gasteiger partial charge on any atom is -0.744 e. The number of phenols is 2. The third-order valence-electron chi connectivity index (χ3n) is 3.54. The van der Waals surface area contributed by atoms with Crippen molar-refractivity contribution < 1.29 is 139 Å². The molecular weight excluding hydrogens is 438 g/mol. The van der Waals surface area contributed by atoms with Crippen molar-refractivity contribution in [3.63, 3.8) is 0 Å². The van der Waals surface area contributed by atoms with E-state index in [0.29, 0.717) is 0 Å². The molecule has 0 fully saturated rings. The minimum atomic E-state index is -5.09. The molecule has 0 aliphatic heterocycles. The molecule has 0 aromatic heterocycles. The maximum atomic E-state index is 11.6. The fourth-order valence-electron chi connectivity index (χ4n) is 2.43. The van der Waals surface area contributed by atoms with Crippen molar-refractivity contribution in [3.8, 4) is 22.6 Å². The Morgan fingerprint density at radius 3 is 1.19 bits per heavy atom. The second kappa shape index (κ2) is 9.76. The molecule has 2 aromatic carbocycles. The van der Waals surface area contributed by atoms with Crippen LogP contribution in [0.5, 0.6) is 11.5 Å². The second-order valence-corrected chi connectivity index (χ2v) is 7.71. The van der Waals surface area contributed by atoms with Gasteiger partial charge in [-0.2, -0.15) is 0 Å². The van der Waals surface area contributed by atoms with E-state index in [1.165, 1.54) is 13.8 Å². The molecule has 130 valence electrons. The van der Waals surface area contributed by atoms with Gasteiger partial charge in [0, 0.05) is 22.3 Å². The van der Waals surface area contributed by atoms with Gasteiger partial charge >= 0.3 is 103 Å². The molecule has 2 rings (SSSR count). The summed E-state index contributed by atoms with van der Waals surface area (Å²) >= 11 is 0. The van der Waals surface area contributed by atoms with Crippen LogP contribution in [0.2, 0.25) is 0 Å². The zero-order chi connectivity index (χ0) is 18.4. The molecule has 0 radical (unpaired) electrons. The molecule has 8 nitrogen and oxygen atoms in total. The zero-order valence-corrected chi connectivity index (χ0v) is 22.3. The molecule has 0 atom stereocenters. The molecule has 0 amide bonds. The first kappa shape index (κ1) is 27.1. The van der Waals surface area contributed by atoms with E-state index < -0.39 is 41.5 Å². The molecule has 26 heavy (non-hydrogen) atoms. The number of rotatable bonds is 3. The van der Waals surface area contributed by atoms with Crippen LogP contribution in [0, 0.1) is 13.8 Å². The Morgan fingerprint density at radius 2 is 0.962 bits per heavy atom. The van der Waals surface area contributed by atoms with Crippen molar-refractivity contribution in [2.75, 3.05) is 0 Å². The standard InChI is InChI=1S/C14H14O8S2.2K/c1-7-11(15)5-3-9(13(7)23(17,18)19)10-4-6-12(16)8(2)14(10)24(20,21)22;;/h3-6,15-16H,1-2H3,(H,17,18,19)(H,20,21,22);;/q;2*+1/p-2. The Balaban J connectivity index is 0.00000312. The molecule has 0 spiro atoms. The van der Waals surface area contributed by atoms with Crippen molar-refractivity contribution in [1.82, 2.24) is 0 Å². The van der Waals surface area contributed by atoms with Crippen LogP contribution >= 0.6 is 0 Å². The van der Waals surface area contributed by atoms with Gasteiger partial charge in [0.05, 0.1) is 9.79 Å². The summed E-state index contributed by atoms with van der Waals surface area (Å²) in [6, 6.07) is 4.19. The van der Waals surface area contributed by atoms with Crippen molar-refractivity contribution in [1.29, 1.82) is 0 Å². The Labute approximate surface area is 236 Å². The maximum absolute atomic E-state index is 11.6. The van der Waals surface area contributed by atoms with Crippen LogP contribution in [-0.4, -0.2) is 36.2 Å². The number of benzene rings is 2. The van der Waals surface area contributed by atoms with Gasteiger partial charge in [-0.25, -0.2) is 16.8 Å². The SMILES string of the molecule is Cc1c(O)ccc(-c2ccc(O)c(C)c2S(=O)(=O)[O-])c1S(=O)(=O)[O-].[K+].[K+]. The van der Waals surface area contributed by atoms with Gasteiger partial charge in [0.1, 0.15) is 31.7 Å². The molecule has 2 N–H and O–H groups in total. The third kappa shape index (κ3) is 5.60. The van der Waals surface area contributed by atoms with Gasteiger partial charge in [-0.15, -0.1) is 0 Å². The van der Waals surface area contributed by atoms with Crippen molar-refractivity contribution in [2.45, 2.75) is 23.6 Å². The van der Waals surface area contributed by atoms with E-state index in [4.69, 9.17) is 0 Å². The summed E-state index contributed by atoms with van der Waals surface area (Å²) in [5.41, 5.74) is -1.25. The summed E-state index contributed by atoms with van der Waals surface area (Å²) in [4.78, 5) is -1.67. The summed E-state index contributed by atoms with van der Waals surface area (Å²) in [5, 5.41) is 19.3. The Hall–Kier alpha value is 1.13. The van der Waals surface area contributed by atoms with Gasteiger partial charge in [-0.05, 0) is 38.1 Å². The topological polar surface area (TPSA) is 155 Å². The molecule has 0 saturated carbocycles. The van der Waals surface area contributed by atoms with Crippen LogP contribution in [-0.2, 0) is 20.2 Å². The van der Waals surface area contributed by atoms with E-state index in [-0.39, 0.29) is 125 Å². The van der Waals surface area contributed by atoms with Gasteiger partial charge in [-0.1, -0.05) is 0 Å². The average molecular weight is 451 g/mol. The van der Waals surface area contributed by atoms with E-state index in [9.17, 15) is 36.2 Å². The van der Waals surface area contributed by atoms with E-state index >= 15 is 0 Å². The zero-order valence-electron chi connectivity index (χ0n) is 14.5. The Kier molecular flexibility index (Phi) is 10.2. The first-order valence-electron chi connectivity index (χ1n) is 6.43. The predicted octanol–water partition coefficient (Wildman–Crippen LogP) is -4.80. The number of hydrogen-bond donors (Lipinski definition) is 2. The Bertz CT molecular complexity index is 962. The molecule has 0 aliphatic carbocycles. The first-order valence-corrected chi connectivity index (χ1v) is 9.24. The van der Waals surface area contributed by atoms with Gasteiger partial charge in [-0.3, -0.25) is 0 Å². The normalized spacial score (nSPS) is 11.4. The molecule has 12 heteroatoms. The fraction of sp³-hybridized carbons (Fsp3) is 0.143. The molecule has 0 unspecified atom stereocenters. The van der Waals surface area contributed by atoms with Gasteiger partial charge in [0.2, 0.25) is 0 Å². The van der Waals surface area contributed by atoms with Crippen molar-refractivity contribution in [3.05, 3.63) is 35.4 Å². The van der Waals surface area contributed by atoms with E-state index in [1.807, 2.05) is 0 Å². The van der Waals surface area contributed by atoms with E-state index in [2.05, 4.69) is 0 Å². The van der Waals surface area contributed by atoms with Crippen molar-refractivity contribution >= 4 is 20.2 Å². The quantitative estimate of drug-likeness (QED) is 0.349. The first-order chi connectivity index (χ1) is 10.9. The minimum absolute atomic E-state index is 0. The van der Waals surface area contributed by atoms with Crippen LogP contribution in [0.1, 0.15) is 11.1 Å². The number of hydrogen-bond acceptors (Lipinski definition) is 8. The van der Waals surface area contributed by atoms with Crippen LogP contribution in [0.3, 0.4) is 0 Å². The van der Waals surface area contributed by atoms with Gasteiger partial charge in [0.15, 0.2) is 0 Å². The molecule has 0 aliphatic rings. The van der Waals surface area contributed by atoms with Gasteiger partial charge in [0.25, 0.3) is 0 Å². The van der Waals surface area contributed by atoms with Crippen LogP contribution in [0.4, 0.5) is 0 Å². The monoisotopic (exact) mass is 450 g/mol. The number of aromatic hydroxyl groups is 2. The molecular formula is C14H12K2O8S2. The smallest absolute Gasteiger partial charge is 0.744 e. The largest absolute Gasteiger partial charge is 1.00 e. The maximum Gasteiger partial charge on any atom is 1.00 e. The average Bonchev–Trinajstić information content (AvgIpc) is 2.41. The molecule has 2 aromatic rings. The number of phenolic OH excluding ortho intramolecular Hbond substituents is 2. The van der Waals surface area contributed by atoms with Crippen LogP contribution < -0.4 is 103 Å². The Morgan fingerprint density at radius 1 is 0.692 bits per heavy atom. The second-order valence-electron chi connectivity index (χ2n) is 5.08. The summed E-state index contributed by atoms with van der Waals surface area (Å²) in [6.45, 7) is 2.34. The van der Waals surface area contributed by atoms with Crippen molar-refractivity contribution in [2.24, 2.45) is 0 Å².